The van der Waals surface area contributed by atoms with E-state index in [2.05, 4.69) is 31.0 Å². The molecule has 0 radical (unpaired) electrons. The summed E-state index contributed by atoms with van der Waals surface area (Å²) >= 11 is 3.46. The van der Waals surface area contributed by atoms with Crippen LogP contribution in [0.1, 0.15) is 5.69 Å². The first-order valence-corrected chi connectivity index (χ1v) is 6.23. The second kappa shape index (κ2) is 4.47. The van der Waals surface area contributed by atoms with E-state index in [1.165, 1.54) is 0 Å². The predicted molar refractivity (Wildman–Crippen MR) is 71.8 cm³/mol. The first-order chi connectivity index (χ1) is 8.79. The van der Waals surface area contributed by atoms with Crippen LogP contribution in [0.5, 0.6) is 0 Å². The van der Waals surface area contributed by atoms with Crippen molar-refractivity contribution in [2.45, 2.75) is 6.54 Å². The number of rotatable bonds is 2. The molecule has 0 amide bonds. The van der Waals surface area contributed by atoms with Crippen molar-refractivity contribution in [3.8, 4) is 11.3 Å². The molecule has 0 saturated carbocycles. The highest BCUT2D eigenvalue weighted by Crippen LogP contribution is 2.21. The van der Waals surface area contributed by atoms with Crippen LogP contribution in [-0.2, 0) is 6.54 Å². The monoisotopic (exact) mass is 303 g/mol. The van der Waals surface area contributed by atoms with Gasteiger partial charge in [-0.05, 0) is 40.2 Å². The maximum Gasteiger partial charge on any atom is 0.155 e. The lowest BCUT2D eigenvalue weighted by Crippen LogP contribution is -1.98. The summed E-state index contributed by atoms with van der Waals surface area (Å²) in [5, 5.41) is 4.53. The van der Waals surface area contributed by atoms with Gasteiger partial charge in [0.25, 0.3) is 0 Å². The smallest absolute Gasteiger partial charge is 0.155 e. The highest BCUT2D eigenvalue weighted by molar-refractivity contribution is 9.10. The lowest BCUT2D eigenvalue weighted by atomic mass is 10.2. The Balaban J connectivity index is 2.19. The summed E-state index contributed by atoms with van der Waals surface area (Å²) in [6.07, 6.45) is 3.52. The second-order valence-corrected chi connectivity index (χ2v) is 4.53. The van der Waals surface area contributed by atoms with E-state index < -0.39 is 0 Å². The Bertz CT molecular complexity index is 692. The Labute approximate surface area is 112 Å². The maximum absolute atomic E-state index is 5.62. The van der Waals surface area contributed by atoms with Gasteiger partial charge in [-0.3, -0.25) is 4.98 Å². The van der Waals surface area contributed by atoms with Crippen molar-refractivity contribution in [2.75, 3.05) is 0 Å². The molecule has 90 valence electrons. The molecule has 0 aliphatic rings. The molecule has 3 heterocycles. The van der Waals surface area contributed by atoms with E-state index in [1.54, 1.807) is 16.9 Å². The Morgan fingerprint density at radius 1 is 1.28 bits per heavy atom. The van der Waals surface area contributed by atoms with Gasteiger partial charge in [-0.2, -0.15) is 5.10 Å². The van der Waals surface area contributed by atoms with Gasteiger partial charge in [0.1, 0.15) is 4.60 Å². The molecule has 0 aromatic carbocycles. The van der Waals surface area contributed by atoms with E-state index in [0.29, 0.717) is 6.54 Å². The lowest BCUT2D eigenvalue weighted by molar-refractivity contribution is 0.908. The van der Waals surface area contributed by atoms with Crippen molar-refractivity contribution in [1.29, 1.82) is 0 Å². The number of aromatic nitrogens is 4. The van der Waals surface area contributed by atoms with Crippen molar-refractivity contribution in [3.05, 3.63) is 47.0 Å². The minimum Gasteiger partial charge on any atom is -0.325 e. The van der Waals surface area contributed by atoms with Crippen LogP contribution in [0.4, 0.5) is 0 Å². The molecular formula is C12H10BrN5. The zero-order chi connectivity index (χ0) is 12.5. The molecule has 0 saturated heterocycles. The van der Waals surface area contributed by atoms with Crippen LogP contribution in [-0.4, -0.2) is 19.6 Å². The molecule has 0 spiro atoms. The zero-order valence-corrected chi connectivity index (χ0v) is 11.0. The van der Waals surface area contributed by atoms with E-state index >= 15 is 0 Å². The standard InChI is InChI=1S/C12H10BrN5/c13-12-10(6-14)16-11-4-3-9(17-18(11)12)8-2-1-5-15-7-8/h1-5,7H,6,14H2. The number of pyridine rings is 1. The summed E-state index contributed by atoms with van der Waals surface area (Å²) in [5.41, 5.74) is 9.00. The average Bonchev–Trinajstić information content (AvgIpc) is 2.76. The molecule has 3 aromatic rings. The number of nitrogens with two attached hydrogens (primary N) is 1. The molecule has 0 unspecified atom stereocenters. The highest BCUT2D eigenvalue weighted by atomic mass is 79.9. The fourth-order valence-electron chi connectivity index (χ4n) is 1.75. The third-order valence-corrected chi connectivity index (χ3v) is 3.43. The third-order valence-electron chi connectivity index (χ3n) is 2.64. The topological polar surface area (TPSA) is 69.1 Å². The fraction of sp³-hybridized carbons (Fsp3) is 0.0833. The summed E-state index contributed by atoms with van der Waals surface area (Å²) < 4.78 is 2.54. The number of imidazole rings is 1. The van der Waals surface area contributed by atoms with Crippen LogP contribution in [0.25, 0.3) is 16.9 Å². The summed E-state index contributed by atoms with van der Waals surface area (Å²) in [6, 6.07) is 7.69. The molecule has 3 rings (SSSR count). The van der Waals surface area contributed by atoms with Gasteiger partial charge < -0.3 is 5.73 Å². The molecule has 0 fully saturated rings. The molecule has 0 atom stereocenters. The summed E-state index contributed by atoms with van der Waals surface area (Å²) in [7, 11) is 0. The Morgan fingerprint density at radius 3 is 2.89 bits per heavy atom. The van der Waals surface area contributed by atoms with Gasteiger partial charge in [0.2, 0.25) is 0 Å². The number of halogens is 1. The molecule has 3 aromatic heterocycles. The largest absolute Gasteiger partial charge is 0.325 e. The Morgan fingerprint density at radius 2 is 2.17 bits per heavy atom. The molecule has 0 bridgehead atoms. The average molecular weight is 304 g/mol. The van der Waals surface area contributed by atoms with Gasteiger partial charge in [0, 0.05) is 24.5 Å². The molecule has 2 N–H and O–H groups in total. The molecule has 6 heteroatoms. The van der Waals surface area contributed by atoms with Gasteiger partial charge in [-0.15, -0.1) is 0 Å². The van der Waals surface area contributed by atoms with Crippen LogP contribution in [0.2, 0.25) is 0 Å². The molecule has 5 nitrogen and oxygen atoms in total. The van der Waals surface area contributed by atoms with Crippen LogP contribution >= 0.6 is 15.9 Å². The van der Waals surface area contributed by atoms with Gasteiger partial charge in [0.05, 0.1) is 11.4 Å². The Kier molecular flexibility index (Phi) is 2.81. The number of hydrogen-bond acceptors (Lipinski definition) is 4. The van der Waals surface area contributed by atoms with E-state index in [9.17, 15) is 0 Å². The molecule has 0 aliphatic heterocycles. The number of hydrogen-bond donors (Lipinski definition) is 1. The first kappa shape index (κ1) is 11.3. The fourth-order valence-corrected chi connectivity index (χ4v) is 2.26. The van der Waals surface area contributed by atoms with Gasteiger partial charge in [-0.1, -0.05) is 0 Å². The van der Waals surface area contributed by atoms with E-state index in [1.807, 2.05) is 24.3 Å². The summed E-state index contributed by atoms with van der Waals surface area (Å²) in [6.45, 7) is 0.381. The zero-order valence-electron chi connectivity index (χ0n) is 9.42. The molecule has 18 heavy (non-hydrogen) atoms. The number of fused-ring (bicyclic) bond motifs is 1. The summed E-state index contributed by atoms with van der Waals surface area (Å²) in [5.74, 6) is 0. The predicted octanol–water partition coefficient (Wildman–Crippen LogP) is 2.01. The first-order valence-electron chi connectivity index (χ1n) is 5.44. The van der Waals surface area contributed by atoms with E-state index in [4.69, 9.17) is 5.73 Å². The van der Waals surface area contributed by atoms with Crippen molar-refractivity contribution in [2.24, 2.45) is 5.73 Å². The van der Waals surface area contributed by atoms with E-state index in [0.717, 1.165) is 27.2 Å². The van der Waals surface area contributed by atoms with Gasteiger partial charge in [-0.25, -0.2) is 9.50 Å². The van der Waals surface area contributed by atoms with Crippen LogP contribution in [0.15, 0.2) is 41.3 Å². The quantitative estimate of drug-likeness (QED) is 0.786. The van der Waals surface area contributed by atoms with Gasteiger partial charge >= 0.3 is 0 Å². The van der Waals surface area contributed by atoms with Crippen molar-refractivity contribution in [1.82, 2.24) is 19.6 Å². The Hall–Kier alpha value is -1.79. The minimum atomic E-state index is 0.381. The highest BCUT2D eigenvalue weighted by Gasteiger charge is 2.10. The SMILES string of the molecule is NCc1nc2ccc(-c3cccnc3)nn2c1Br. The lowest BCUT2D eigenvalue weighted by Gasteiger charge is -2.01. The number of nitrogens with zero attached hydrogens (tertiary/aromatic N) is 4. The van der Waals surface area contributed by atoms with Gasteiger partial charge in [0.15, 0.2) is 5.65 Å². The van der Waals surface area contributed by atoms with E-state index in [-0.39, 0.29) is 0 Å². The van der Waals surface area contributed by atoms with Crippen LogP contribution in [0, 0.1) is 0 Å². The molecule has 0 aliphatic carbocycles. The minimum absolute atomic E-state index is 0.381. The third kappa shape index (κ3) is 1.79. The van der Waals surface area contributed by atoms with Crippen LogP contribution < -0.4 is 5.73 Å². The van der Waals surface area contributed by atoms with Crippen molar-refractivity contribution < 1.29 is 0 Å². The van der Waals surface area contributed by atoms with Crippen molar-refractivity contribution >= 4 is 21.6 Å². The van der Waals surface area contributed by atoms with Crippen LogP contribution in [0.3, 0.4) is 0 Å². The van der Waals surface area contributed by atoms with Crippen molar-refractivity contribution in [3.63, 3.8) is 0 Å². The second-order valence-electron chi connectivity index (χ2n) is 3.78. The normalized spacial score (nSPS) is 11.0. The molecular weight excluding hydrogens is 294 g/mol. The summed E-state index contributed by atoms with van der Waals surface area (Å²) in [4.78, 5) is 8.47. The maximum atomic E-state index is 5.62.